The normalized spacial score (nSPS) is 15.6. The van der Waals surface area contributed by atoms with E-state index in [4.69, 9.17) is 40.7 Å². The molecule has 17 N–H and O–H groups in total. The van der Waals surface area contributed by atoms with Gasteiger partial charge in [-0.15, -0.1) is 0 Å². The van der Waals surface area contributed by atoms with Crippen LogP contribution in [0.2, 0.25) is 0 Å². The largest absolute Gasteiger partial charge is 0.508 e. The molecule has 6 aromatic carbocycles. The molecule has 12 aromatic rings. The number of hydrogen-bond acceptors (Lipinski definition) is 32. The molecule has 6 aromatic heterocycles. The highest BCUT2D eigenvalue weighted by Gasteiger charge is 2.32. The molecule has 137 heavy (non-hydrogen) atoms. The molecule has 6 saturated carbocycles. The number of hydrogen-bond donors (Lipinski definition) is 17. The number of phenolic OH excluding ortho intramolecular Hbond substituents is 11. The second-order valence-corrected chi connectivity index (χ2v) is 35.3. The number of benzene rings is 6. The number of ether oxygens (including phenoxy) is 3. The molecule has 0 bridgehead atoms. The van der Waals surface area contributed by atoms with Crippen molar-refractivity contribution in [3.05, 3.63) is 229 Å². The Hall–Kier alpha value is -15.0. The van der Waals surface area contributed by atoms with Crippen molar-refractivity contribution in [3.8, 4) is 183 Å². The minimum Gasteiger partial charge on any atom is -0.508 e. The van der Waals surface area contributed by atoms with Crippen LogP contribution in [0.1, 0.15) is 262 Å². The third-order valence-electron chi connectivity index (χ3n) is 26.0. The van der Waals surface area contributed by atoms with Crippen LogP contribution in [0.4, 0.5) is 0 Å². The second-order valence-electron chi connectivity index (χ2n) is 35.3. The highest BCUT2D eigenvalue weighted by Crippen LogP contribution is 2.49. The van der Waals surface area contributed by atoms with E-state index in [0.29, 0.717) is 56.6 Å². The van der Waals surface area contributed by atoms with Crippen LogP contribution in [-0.4, -0.2) is 108 Å². The second kappa shape index (κ2) is 45.4. The molecule has 0 radical (unpaired) electrons. The van der Waals surface area contributed by atoms with Crippen LogP contribution < -0.4 is 46.8 Å². The first-order chi connectivity index (χ1) is 65.8. The van der Waals surface area contributed by atoms with Crippen molar-refractivity contribution in [3.63, 3.8) is 0 Å². The lowest BCUT2D eigenvalue weighted by molar-refractivity contribution is 0.339. The first-order valence-corrected chi connectivity index (χ1v) is 46.2. The summed E-state index contributed by atoms with van der Waals surface area (Å²) in [4.78, 5) is 72.8. The van der Waals surface area contributed by atoms with Gasteiger partial charge in [-0.25, -0.2) is 0 Å². The minimum atomic E-state index is -0.672. The molecule has 0 amide bonds. The van der Waals surface area contributed by atoms with Crippen molar-refractivity contribution >= 4 is 0 Å². The molecule has 0 aliphatic heterocycles. The van der Waals surface area contributed by atoms with Gasteiger partial charge in [-0.1, -0.05) is 116 Å². The zero-order valence-corrected chi connectivity index (χ0v) is 76.1. The molecule has 0 saturated heterocycles. The Labute approximate surface area is 785 Å². The molecule has 6 aliphatic carbocycles. The Bertz CT molecular complexity index is 6540. The van der Waals surface area contributed by atoms with Gasteiger partial charge >= 0.3 is 0 Å². The maximum Gasteiger partial charge on any atom is 0.230 e. The van der Waals surface area contributed by atoms with Crippen molar-refractivity contribution in [2.45, 2.75) is 228 Å². The Morgan fingerprint density at radius 1 is 0.226 bits per heavy atom. The van der Waals surface area contributed by atoms with Crippen molar-refractivity contribution in [1.82, 2.24) is 0 Å². The molecule has 0 spiro atoms. The molecule has 32 heteroatoms. The highest BCUT2D eigenvalue weighted by molar-refractivity contribution is 5.75. The standard InChI is InChI=1S/C19H22O6.C18H20O5.2C17H18O6.C17H18O5.C17H18O4/c1-23-15-8-12(9-16(24-2)18(15)22)19-17(21)13(20)10-14(25-19)11-6-4-3-5-7-11;1-22-16-9-12(7-8-13(16)19)18-17(21)14(20)10-15(23-18)11-5-3-2-4-6-11;18-12-6-10(7-13(19)15(12)21)17-16(22)14(20)11(8-23-17)9-4-2-1-3-5-9;18-11-6-10(7-12(19)15(11)21)17-16(22)13(20)8-14(23-17)9-4-2-1-3-5-9;18-12-7-6-11(8-13(12)19)17-16(21)14(20)9-15(22-17)10-4-2-1-3-5-10;18-13-8-6-12(7-9-13)17-16(20)14(19)10-15(21-17)11-4-2-1-3-5-11/h8-11,21-22H,3-7H2,1-2H3;7-11,19,21H,2-6H2,1H3;2*6-9,18-19,21-22H,1-5H2;6-10,18-19,21H,1-5H2;6-11,18,20H,1-5H2. The van der Waals surface area contributed by atoms with Gasteiger partial charge in [0.25, 0.3) is 0 Å². The number of aromatic hydroxyl groups is 17. The first kappa shape index (κ1) is 99.5. The van der Waals surface area contributed by atoms with E-state index in [1.807, 2.05) is 0 Å². The number of methoxy groups -OCH3 is 3. The van der Waals surface area contributed by atoms with Crippen molar-refractivity contribution in [1.29, 1.82) is 0 Å². The van der Waals surface area contributed by atoms with Crippen molar-refractivity contribution in [2.75, 3.05) is 21.3 Å². The van der Waals surface area contributed by atoms with E-state index in [2.05, 4.69) is 0 Å². The van der Waals surface area contributed by atoms with Gasteiger partial charge in [0.05, 0.1) is 27.6 Å². The zero-order valence-electron chi connectivity index (χ0n) is 76.1. The third-order valence-corrected chi connectivity index (χ3v) is 26.0. The Morgan fingerprint density at radius 3 is 0.796 bits per heavy atom. The minimum absolute atomic E-state index is 0.0125. The van der Waals surface area contributed by atoms with E-state index in [1.165, 1.54) is 138 Å². The average Bonchev–Trinajstić information content (AvgIpc) is 0.789. The van der Waals surface area contributed by atoms with Gasteiger partial charge in [0.15, 0.2) is 104 Å². The smallest absolute Gasteiger partial charge is 0.230 e. The SMILES string of the molecule is COc1cc(-c2oc(C3CCCCC3)cc(=O)c2O)cc(OC)c1O.COc1cc(-c2oc(C3CCCCC3)cc(=O)c2O)ccc1O.O=c1c(C2CCCCC2)coc(-c2cc(O)c(O)c(O)c2)c1O.O=c1cc(C2CCCCC2)oc(-c2cc(O)c(O)c(O)c2)c1O.O=c1cc(C2CCCCC2)oc(-c2ccc(O)c(O)c2)c1O.O=c1cc(C2CCCCC2)oc(-c2ccc(O)cc2)c1O. The monoisotopic (exact) mass is 1890 g/mol. The van der Waals surface area contributed by atoms with Gasteiger partial charge < -0.3 is 128 Å². The van der Waals surface area contributed by atoms with E-state index < -0.39 is 95.8 Å². The number of rotatable bonds is 15. The Balaban J connectivity index is 0.000000139. The summed E-state index contributed by atoms with van der Waals surface area (Å²) >= 11 is 0. The summed E-state index contributed by atoms with van der Waals surface area (Å²) in [6.07, 6.45) is 33.1. The lowest BCUT2D eigenvalue weighted by atomic mass is 9.84. The predicted octanol–water partition coefficient (Wildman–Crippen LogP) is 21.1. The van der Waals surface area contributed by atoms with Gasteiger partial charge in [-0.2, -0.15) is 0 Å². The van der Waals surface area contributed by atoms with E-state index in [-0.39, 0.29) is 133 Å². The highest BCUT2D eigenvalue weighted by atomic mass is 16.5. The molecule has 6 aliphatic rings. The summed E-state index contributed by atoms with van der Waals surface area (Å²) in [7, 11) is 4.26. The van der Waals surface area contributed by atoms with Gasteiger partial charge in [0.2, 0.25) is 72.8 Å². The third kappa shape index (κ3) is 23.9. The van der Waals surface area contributed by atoms with Crippen LogP contribution in [0, 0.1) is 0 Å². The van der Waals surface area contributed by atoms with E-state index in [9.17, 15) is 116 Å². The van der Waals surface area contributed by atoms with Gasteiger partial charge in [0, 0.05) is 98.9 Å². The lowest BCUT2D eigenvalue weighted by Gasteiger charge is -2.21. The van der Waals surface area contributed by atoms with Crippen molar-refractivity contribution in [2.24, 2.45) is 0 Å². The van der Waals surface area contributed by atoms with Crippen LogP contribution in [0.15, 0.2) is 189 Å². The van der Waals surface area contributed by atoms with Crippen LogP contribution in [0.3, 0.4) is 0 Å². The molecule has 6 heterocycles. The molecular weight excluding hydrogens is 1770 g/mol. The molecule has 0 atom stereocenters. The predicted molar refractivity (Wildman–Crippen MR) is 505 cm³/mol. The Morgan fingerprint density at radius 2 is 0.482 bits per heavy atom. The summed E-state index contributed by atoms with van der Waals surface area (Å²) in [6, 6.07) is 29.2. The van der Waals surface area contributed by atoms with E-state index in [1.54, 1.807) is 18.2 Å². The molecule has 6 fully saturated rings. The van der Waals surface area contributed by atoms with Crippen LogP contribution >= 0.6 is 0 Å². The van der Waals surface area contributed by atoms with Gasteiger partial charge in [-0.3, -0.25) is 28.8 Å². The number of phenols is 11. The molecule has 32 nitrogen and oxygen atoms in total. The maximum absolute atomic E-state index is 12.4. The summed E-state index contributed by atoms with van der Waals surface area (Å²) in [5, 5.41) is 166. The molecule has 726 valence electrons. The fourth-order valence-electron chi connectivity index (χ4n) is 18.4. The van der Waals surface area contributed by atoms with Crippen LogP contribution in [0.5, 0.6) is 115 Å². The Kier molecular flexibility index (Phi) is 32.9. The summed E-state index contributed by atoms with van der Waals surface area (Å²) in [6.45, 7) is 0. The average molecular weight is 1890 g/mol. The first-order valence-electron chi connectivity index (χ1n) is 46.2. The molecule has 0 unspecified atom stereocenters. The van der Waals surface area contributed by atoms with E-state index in [0.717, 1.165) is 191 Å². The summed E-state index contributed by atoms with van der Waals surface area (Å²) in [5.74, 6) is -2.45. The summed E-state index contributed by atoms with van der Waals surface area (Å²) in [5.41, 5.74) is -0.394. The lowest BCUT2D eigenvalue weighted by Crippen LogP contribution is -2.15. The summed E-state index contributed by atoms with van der Waals surface area (Å²) < 4.78 is 49.8. The van der Waals surface area contributed by atoms with E-state index >= 15 is 0 Å². The quantitative estimate of drug-likeness (QED) is 0.0424. The van der Waals surface area contributed by atoms with Crippen LogP contribution in [-0.2, 0) is 0 Å². The zero-order chi connectivity index (χ0) is 98.0. The maximum atomic E-state index is 12.4. The fraction of sp³-hybridized carbons (Fsp3) is 0.371. The molecule has 18 rings (SSSR count). The topological polar surface area (TPSA) is 553 Å². The molecular formula is C105H114O32. The van der Waals surface area contributed by atoms with Crippen molar-refractivity contribution < 1.29 is 128 Å². The fourth-order valence-corrected chi connectivity index (χ4v) is 18.4. The van der Waals surface area contributed by atoms with Gasteiger partial charge in [0.1, 0.15) is 34.6 Å². The van der Waals surface area contributed by atoms with Crippen LogP contribution in [0.25, 0.3) is 67.9 Å². The van der Waals surface area contributed by atoms with Gasteiger partial charge in [-0.05, 0) is 180 Å².